The first-order valence-corrected chi connectivity index (χ1v) is 8.60. The van der Waals surface area contributed by atoms with Gasteiger partial charge in [-0.15, -0.1) is 0 Å². The number of anilines is 1. The summed E-state index contributed by atoms with van der Waals surface area (Å²) < 4.78 is 35.0. The van der Waals surface area contributed by atoms with Crippen molar-refractivity contribution in [2.24, 2.45) is 0 Å². The molecule has 2 N–H and O–H groups in total. The van der Waals surface area contributed by atoms with Crippen molar-refractivity contribution in [2.75, 3.05) is 18.5 Å². The second-order valence-corrected chi connectivity index (χ2v) is 6.53. The van der Waals surface area contributed by atoms with Crippen LogP contribution >= 0.6 is 0 Å². The Balaban J connectivity index is 1.68. The van der Waals surface area contributed by atoms with Gasteiger partial charge in [0.05, 0.1) is 12.0 Å². The van der Waals surface area contributed by atoms with Crippen molar-refractivity contribution in [3.8, 4) is 5.75 Å². The van der Waals surface area contributed by atoms with Crippen LogP contribution in [0.3, 0.4) is 0 Å². The number of benzene rings is 2. The third-order valence-corrected chi connectivity index (χ3v) is 4.93. The van der Waals surface area contributed by atoms with Crippen molar-refractivity contribution in [1.82, 2.24) is 4.98 Å². The summed E-state index contributed by atoms with van der Waals surface area (Å²) in [5, 5.41) is 13.1. The molecule has 2 heterocycles. The minimum absolute atomic E-state index is 0.0776. The lowest BCUT2D eigenvalue weighted by molar-refractivity contribution is 0.226. The van der Waals surface area contributed by atoms with E-state index in [0.717, 1.165) is 17.7 Å². The highest BCUT2D eigenvalue weighted by atomic mass is 19.1. The molecule has 0 amide bonds. The van der Waals surface area contributed by atoms with E-state index in [1.807, 2.05) is 30.3 Å². The lowest BCUT2D eigenvalue weighted by Gasteiger charge is -2.28. The maximum Gasteiger partial charge on any atom is 0.165 e. The topological polar surface area (TPSA) is 54.4 Å². The second kappa shape index (κ2) is 6.96. The van der Waals surface area contributed by atoms with Crippen LogP contribution in [0.1, 0.15) is 16.7 Å². The Kier molecular flexibility index (Phi) is 4.49. The molecule has 3 aromatic rings. The van der Waals surface area contributed by atoms with E-state index in [4.69, 9.17) is 4.74 Å². The van der Waals surface area contributed by atoms with E-state index in [2.05, 4.69) is 10.3 Å². The van der Waals surface area contributed by atoms with Gasteiger partial charge in [0.15, 0.2) is 11.6 Å². The molecule has 1 aliphatic rings. The molecular weight excluding hydrogens is 350 g/mol. The number of ether oxygens (including phenoxy) is 1. The van der Waals surface area contributed by atoms with Crippen LogP contribution in [0, 0.1) is 11.6 Å². The van der Waals surface area contributed by atoms with E-state index in [0.29, 0.717) is 11.4 Å². The molecule has 0 spiro atoms. The van der Waals surface area contributed by atoms with Gasteiger partial charge in [-0.1, -0.05) is 36.4 Å². The minimum Gasteiger partial charge on any atom is -0.486 e. The fraction of sp³-hybridized carbons (Fsp3) is 0.190. The molecule has 1 aromatic heterocycles. The van der Waals surface area contributed by atoms with E-state index in [1.165, 1.54) is 0 Å². The monoisotopic (exact) mass is 368 g/mol. The van der Waals surface area contributed by atoms with Crippen LogP contribution in [-0.4, -0.2) is 23.2 Å². The number of rotatable bonds is 5. The summed E-state index contributed by atoms with van der Waals surface area (Å²) in [7, 11) is 0. The molecule has 4 rings (SSSR count). The number of aromatic nitrogens is 1. The smallest absolute Gasteiger partial charge is 0.165 e. The first-order chi connectivity index (χ1) is 13.1. The van der Waals surface area contributed by atoms with Crippen LogP contribution in [0.5, 0.6) is 5.75 Å². The Hall–Kier alpha value is -2.99. The fourth-order valence-electron chi connectivity index (χ4n) is 3.47. The summed E-state index contributed by atoms with van der Waals surface area (Å²) in [5.41, 5.74) is 0.484. The number of fused-ring (bicyclic) bond motifs is 1. The maximum absolute atomic E-state index is 14.9. The van der Waals surface area contributed by atoms with Crippen molar-refractivity contribution in [3.63, 3.8) is 0 Å². The van der Waals surface area contributed by atoms with Gasteiger partial charge in [-0.25, -0.2) is 13.8 Å². The zero-order valence-corrected chi connectivity index (χ0v) is 14.5. The van der Waals surface area contributed by atoms with Crippen molar-refractivity contribution in [2.45, 2.75) is 12.0 Å². The average molecular weight is 368 g/mol. The Labute approximate surface area is 155 Å². The number of aliphatic hydroxyl groups is 1. The molecular formula is C21H18F2N2O2. The standard InChI is InChI=1S/C21H18F2N2O2/c22-17-10-19(27-11-14-5-2-1-3-6-14)18(23)9-16(17)21(13-26)12-25-20-15(21)7-4-8-24-20/h1-10,26H,11-13H2,(H,24,25). The quantitative estimate of drug-likeness (QED) is 0.722. The average Bonchev–Trinajstić information content (AvgIpc) is 3.09. The van der Waals surface area contributed by atoms with Crippen molar-refractivity contribution >= 4 is 5.82 Å². The Morgan fingerprint density at radius 3 is 2.63 bits per heavy atom. The lowest BCUT2D eigenvalue weighted by Crippen LogP contribution is -2.35. The van der Waals surface area contributed by atoms with Crippen LogP contribution in [0.2, 0.25) is 0 Å². The lowest BCUT2D eigenvalue weighted by atomic mass is 9.77. The zero-order chi connectivity index (χ0) is 18.9. The molecule has 138 valence electrons. The molecule has 1 atom stereocenters. The first-order valence-electron chi connectivity index (χ1n) is 8.60. The van der Waals surface area contributed by atoms with E-state index in [1.54, 1.807) is 18.3 Å². The van der Waals surface area contributed by atoms with Crippen LogP contribution in [-0.2, 0) is 12.0 Å². The highest BCUT2D eigenvalue weighted by Gasteiger charge is 2.43. The molecule has 4 nitrogen and oxygen atoms in total. The number of hydrogen-bond acceptors (Lipinski definition) is 4. The summed E-state index contributed by atoms with van der Waals surface area (Å²) in [5.74, 6) is -0.902. The minimum atomic E-state index is -1.09. The molecule has 6 heteroatoms. The molecule has 0 saturated carbocycles. The van der Waals surface area contributed by atoms with Gasteiger partial charge in [0.2, 0.25) is 0 Å². The van der Waals surface area contributed by atoms with Gasteiger partial charge in [-0.05, 0) is 17.7 Å². The van der Waals surface area contributed by atoms with Crippen LogP contribution in [0.15, 0.2) is 60.8 Å². The zero-order valence-electron chi connectivity index (χ0n) is 14.5. The number of nitrogens with zero attached hydrogens (tertiary/aromatic N) is 1. The van der Waals surface area contributed by atoms with E-state index in [-0.39, 0.29) is 31.1 Å². The molecule has 1 aliphatic heterocycles. The number of hydrogen-bond donors (Lipinski definition) is 2. The molecule has 1 unspecified atom stereocenters. The van der Waals surface area contributed by atoms with Crippen molar-refractivity contribution < 1.29 is 18.6 Å². The normalized spacial score (nSPS) is 18.0. The van der Waals surface area contributed by atoms with Crippen LogP contribution in [0.4, 0.5) is 14.6 Å². The van der Waals surface area contributed by atoms with Gasteiger partial charge in [0.1, 0.15) is 18.2 Å². The second-order valence-electron chi connectivity index (χ2n) is 6.53. The van der Waals surface area contributed by atoms with Crippen LogP contribution < -0.4 is 10.1 Å². The van der Waals surface area contributed by atoms with Gasteiger partial charge in [-0.2, -0.15) is 0 Å². The summed E-state index contributed by atoms with van der Waals surface area (Å²) >= 11 is 0. The van der Waals surface area contributed by atoms with Gasteiger partial charge >= 0.3 is 0 Å². The summed E-state index contributed by atoms with van der Waals surface area (Å²) in [6.45, 7) is -0.00824. The predicted molar refractivity (Wildman–Crippen MR) is 97.7 cm³/mol. The Bertz CT molecular complexity index is 966. The highest BCUT2D eigenvalue weighted by molar-refractivity contribution is 5.60. The third-order valence-electron chi connectivity index (χ3n) is 4.93. The van der Waals surface area contributed by atoms with Crippen molar-refractivity contribution in [1.29, 1.82) is 0 Å². The molecule has 0 saturated heterocycles. The predicted octanol–water partition coefficient (Wildman–Crippen LogP) is 3.64. The van der Waals surface area contributed by atoms with Gasteiger partial charge in [0.25, 0.3) is 0 Å². The largest absolute Gasteiger partial charge is 0.486 e. The molecule has 0 aliphatic carbocycles. The highest BCUT2D eigenvalue weighted by Crippen LogP contribution is 2.42. The SMILES string of the molecule is OCC1(c2cc(F)c(OCc3ccccc3)cc2F)CNc2ncccc21. The van der Waals surface area contributed by atoms with Gasteiger partial charge in [-0.3, -0.25) is 0 Å². The van der Waals surface area contributed by atoms with Crippen molar-refractivity contribution in [3.05, 3.63) is 89.1 Å². The number of nitrogens with one attached hydrogen (secondary N) is 1. The Morgan fingerprint density at radius 1 is 1.04 bits per heavy atom. The fourth-order valence-corrected chi connectivity index (χ4v) is 3.47. The van der Waals surface area contributed by atoms with Gasteiger partial charge in [0, 0.05) is 29.9 Å². The van der Waals surface area contributed by atoms with E-state index < -0.39 is 17.0 Å². The molecule has 27 heavy (non-hydrogen) atoms. The Morgan fingerprint density at radius 2 is 1.85 bits per heavy atom. The van der Waals surface area contributed by atoms with Crippen LogP contribution in [0.25, 0.3) is 0 Å². The number of aliphatic hydroxyl groups excluding tert-OH is 1. The van der Waals surface area contributed by atoms with E-state index >= 15 is 0 Å². The summed E-state index contributed by atoms with van der Waals surface area (Å²) in [4.78, 5) is 4.20. The molecule has 0 radical (unpaired) electrons. The van der Waals surface area contributed by atoms with E-state index in [9.17, 15) is 13.9 Å². The third kappa shape index (κ3) is 3.02. The first kappa shape index (κ1) is 17.4. The number of pyridine rings is 1. The summed E-state index contributed by atoms with van der Waals surface area (Å²) in [6.07, 6.45) is 1.61. The molecule has 2 aromatic carbocycles. The maximum atomic E-state index is 14.9. The molecule has 0 fully saturated rings. The number of halogens is 2. The van der Waals surface area contributed by atoms with Gasteiger partial charge < -0.3 is 15.2 Å². The summed E-state index contributed by atoms with van der Waals surface area (Å²) in [6, 6.07) is 14.9. The molecule has 0 bridgehead atoms.